The Hall–Kier alpha value is -0.610. The van der Waals surface area contributed by atoms with Gasteiger partial charge >= 0.3 is 5.97 Å². The van der Waals surface area contributed by atoms with Gasteiger partial charge in [-0.1, -0.05) is 25.7 Å². The monoisotopic (exact) mass is 268 g/mol. The Morgan fingerprint density at radius 2 is 1.79 bits per heavy atom. The van der Waals surface area contributed by atoms with Gasteiger partial charge in [-0.25, -0.2) is 0 Å². The van der Waals surface area contributed by atoms with Crippen LogP contribution in [-0.4, -0.2) is 59.1 Å². The minimum Gasteiger partial charge on any atom is -0.481 e. The Morgan fingerprint density at radius 3 is 2.37 bits per heavy atom. The summed E-state index contributed by atoms with van der Waals surface area (Å²) in [5.74, 6) is -0.661. The highest BCUT2D eigenvalue weighted by Gasteiger charge is 2.35. The number of hydrogen-bond acceptors (Lipinski definition) is 3. The zero-order valence-corrected chi connectivity index (χ0v) is 12.3. The standard InChI is InChI=1S/C15H28N2O2/c1-12-10-17(13-7-5-3-4-6-8-13)14(9-15(18)19)11-16(12)2/h12-14H,3-11H2,1-2H3,(H,18,19). The van der Waals surface area contributed by atoms with Gasteiger partial charge in [0.2, 0.25) is 0 Å². The summed E-state index contributed by atoms with van der Waals surface area (Å²) in [6, 6.07) is 1.35. The first kappa shape index (κ1) is 14.8. The third-order valence-corrected chi connectivity index (χ3v) is 4.90. The van der Waals surface area contributed by atoms with Crippen molar-refractivity contribution in [3.63, 3.8) is 0 Å². The smallest absolute Gasteiger partial charge is 0.304 e. The first-order valence-corrected chi connectivity index (χ1v) is 7.75. The fourth-order valence-electron chi connectivity index (χ4n) is 3.63. The van der Waals surface area contributed by atoms with Crippen molar-refractivity contribution in [2.45, 2.75) is 70.0 Å². The molecule has 4 nitrogen and oxygen atoms in total. The summed E-state index contributed by atoms with van der Waals surface area (Å²) >= 11 is 0. The van der Waals surface area contributed by atoms with Crippen molar-refractivity contribution in [1.82, 2.24) is 9.80 Å². The van der Waals surface area contributed by atoms with E-state index in [0.717, 1.165) is 13.1 Å². The molecule has 1 heterocycles. The number of aliphatic carboxylic acids is 1. The second-order valence-corrected chi connectivity index (χ2v) is 6.38. The zero-order valence-electron chi connectivity index (χ0n) is 12.3. The van der Waals surface area contributed by atoms with E-state index in [1.165, 1.54) is 38.5 Å². The number of piperazine rings is 1. The predicted molar refractivity (Wildman–Crippen MR) is 76.3 cm³/mol. The summed E-state index contributed by atoms with van der Waals surface area (Å²) in [6.07, 6.45) is 8.12. The molecule has 2 aliphatic rings. The van der Waals surface area contributed by atoms with Crippen molar-refractivity contribution in [2.24, 2.45) is 0 Å². The summed E-state index contributed by atoms with van der Waals surface area (Å²) in [4.78, 5) is 15.9. The third-order valence-electron chi connectivity index (χ3n) is 4.90. The van der Waals surface area contributed by atoms with Crippen molar-refractivity contribution in [2.75, 3.05) is 20.1 Å². The number of nitrogens with zero attached hydrogens (tertiary/aromatic N) is 2. The van der Waals surface area contributed by atoms with Crippen LogP contribution in [0.1, 0.15) is 51.9 Å². The molecule has 2 rings (SSSR count). The quantitative estimate of drug-likeness (QED) is 0.797. The Bertz CT molecular complexity index is 301. The van der Waals surface area contributed by atoms with Crippen LogP contribution in [0.4, 0.5) is 0 Å². The van der Waals surface area contributed by atoms with Crippen LogP contribution in [0.15, 0.2) is 0 Å². The van der Waals surface area contributed by atoms with E-state index in [4.69, 9.17) is 5.11 Å². The molecule has 0 aromatic carbocycles. The van der Waals surface area contributed by atoms with Gasteiger partial charge in [-0.15, -0.1) is 0 Å². The highest BCUT2D eigenvalue weighted by atomic mass is 16.4. The van der Waals surface area contributed by atoms with Crippen LogP contribution in [0.5, 0.6) is 0 Å². The highest BCUT2D eigenvalue weighted by Crippen LogP contribution is 2.27. The number of likely N-dealkylation sites (N-methyl/N-ethyl adjacent to an activating group) is 1. The summed E-state index contributed by atoms with van der Waals surface area (Å²) in [7, 11) is 2.12. The molecule has 0 bridgehead atoms. The topological polar surface area (TPSA) is 43.8 Å². The van der Waals surface area contributed by atoms with E-state index in [2.05, 4.69) is 23.8 Å². The van der Waals surface area contributed by atoms with Gasteiger partial charge in [0.1, 0.15) is 0 Å². The van der Waals surface area contributed by atoms with Gasteiger partial charge in [-0.3, -0.25) is 9.69 Å². The molecule has 0 aromatic rings. The summed E-state index contributed by atoms with van der Waals surface area (Å²) in [5.41, 5.74) is 0. The van der Waals surface area contributed by atoms with E-state index in [1.54, 1.807) is 0 Å². The van der Waals surface area contributed by atoms with Crippen LogP contribution in [0.2, 0.25) is 0 Å². The molecule has 4 heteroatoms. The number of rotatable bonds is 3. The molecule has 0 amide bonds. The van der Waals surface area contributed by atoms with Gasteiger partial charge in [0.15, 0.2) is 0 Å². The normalized spacial score (nSPS) is 32.1. The number of carboxylic acid groups (broad SMARTS) is 1. The van der Waals surface area contributed by atoms with Crippen molar-refractivity contribution >= 4 is 5.97 Å². The maximum Gasteiger partial charge on any atom is 0.304 e. The molecule has 1 saturated carbocycles. The first-order chi connectivity index (χ1) is 9.08. The maximum absolute atomic E-state index is 11.1. The van der Waals surface area contributed by atoms with Crippen LogP contribution in [0.25, 0.3) is 0 Å². The van der Waals surface area contributed by atoms with Crippen LogP contribution in [0, 0.1) is 0 Å². The molecule has 0 spiro atoms. The maximum atomic E-state index is 11.1. The van der Waals surface area contributed by atoms with E-state index in [-0.39, 0.29) is 12.5 Å². The fourth-order valence-corrected chi connectivity index (χ4v) is 3.63. The SMILES string of the molecule is CC1CN(C2CCCCCC2)C(CC(=O)O)CN1C. The lowest BCUT2D eigenvalue weighted by atomic mass is 9.98. The second kappa shape index (κ2) is 6.71. The Labute approximate surface area is 116 Å². The van der Waals surface area contributed by atoms with E-state index in [0.29, 0.717) is 12.1 Å². The third kappa shape index (κ3) is 3.93. The number of hydrogen-bond donors (Lipinski definition) is 1. The van der Waals surface area contributed by atoms with Crippen LogP contribution in [0.3, 0.4) is 0 Å². The van der Waals surface area contributed by atoms with E-state index < -0.39 is 5.97 Å². The fraction of sp³-hybridized carbons (Fsp3) is 0.933. The van der Waals surface area contributed by atoms with E-state index in [1.807, 2.05) is 0 Å². The second-order valence-electron chi connectivity index (χ2n) is 6.38. The molecule has 1 N–H and O–H groups in total. The minimum atomic E-state index is -0.661. The number of carbonyl (C=O) groups is 1. The first-order valence-electron chi connectivity index (χ1n) is 7.75. The van der Waals surface area contributed by atoms with Crippen molar-refractivity contribution in [1.29, 1.82) is 0 Å². The Morgan fingerprint density at radius 1 is 1.16 bits per heavy atom. The van der Waals surface area contributed by atoms with Gasteiger partial charge < -0.3 is 10.0 Å². The van der Waals surface area contributed by atoms with Crippen molar-refractivity contribution in [3.8, 4) is 0 Å². The lowest BCUT2D eigenvalue weighted by molar-refractivity contribution is -0.139. The largest absolute Gasteiger partial charge is 0.481 e. The highest BCUT2D eigenvalue weighted by molar-refractivity contribution is 5.67. The lowest BCUT2D eigenvalue weighted by Crippen LogP contribution is -2.59. The molecular formula is C15H28N2O2. The van der Waals surface area contributed by atoms with E-state index >= 15 is 0 Å². The number of carboxylic acids is 1. The van der Waals surface area contributed by atoms with Crippen molar-refractivity contribution < 1.29 is 9.90 Å². The molecule has 1 aliphatic heterocycles. The summed E-state index contributed by atoms with van der Waals surface area (Å²) < 4.78 is 0. The molecular weight excluding hydrogens is 240 g/mol. The summed E-state index contributed by atoms with van der Waals surface area (Å²) in [6.45, 7) is 4.17. The van der Waals surface area contributed by atoms with Gasteiger partial charge in [0.25, 0.3) is 0 Å². The van der Waals surface area contributed by atoms with Gasteiger partial charge in [0.05, 0.1) is 6.42 Å². The average Bonchev–Trinajstić information content (AvgIpc) is 2.61. The van der Waals surface area contributed by atoms with Crippen LogP contribution < -0.4 is 0 Å². The van der Waals surface area contributed by atoms with Gasteiger partial charge in [-0.2, -0.15) is 0 Å². The molecule has 2 unspecified atom stereocenters. The molecule has 110 valence electrons. The predicted octanol–water partition coefficient (Wildman–Crippen LogP) is 2.19. The molecule has 2 atom stereocenters. The average molecular weight is 268 g/mol. The molecule has 1 aliphatic carbocycles. The molecule has 1 saturated heterocycles. The van der Waals surface area contributed by atoms with Crippen LogP contribution >= 0.6 is 0 Å². The van der Waals surface area contributed by atoms with E-state index in [9.17, 15) is 4.79 Å². The lowest BCUT2D eigenvalue weighted by Gasteiger charge is -2.47. The van der Waals surface area contributed by atoms with Gasteiger partial charge in [-0.05, 0) is 26.8 Å². The van der Waals surface area contributed by atoms with Gasteiger partial charge in [0, 0.05) is 31.2 Å². The Kier molecular flexibility index (Phi) is 5.22. The summed E-state index contributed by atoms with van der Waals surface area (Å²) in [5, 5.41) is 9.14. The zero-order chi connectivity index (χ0) is 13.8. The molecule has 0 radical (unpaired) electrons. The molecule has 0 aromatic heterocycles. The Balaban J connectivity index is 2.05. The van der Waals surface area contributed by atoms with Crippen LogP contribution in [-0.2, 0) is 4.79 Å². The van der Waals surface area contributed by atoms with Crippen molar-refractivity contribution in [3.05, 3.63) is 0 Å². The minimum absolute atomic E-state index is 0.196. The molecule has 2 fully saturated rings. The molecule has 19 heavy (non-hydrogen) atoms.